The fourth-order valence-corrected chi connectivity index (χ4v) is 9.11. The molecule has 1 aliphatic heterocycles. The van der Waals surface area contributed by atoms with Gasteiger partial charge in [0.25, 0.3) is 5.91 Å². The first-order chi connectivity index (χ1) is 19.2. The number of rotatable bonds is 10. The molecule has 41 heavy (non-hydrogen) atoms. The number of benzene rings is 2. The van der Waals surface area contributed by atoms with E-state index in [1.807, 2.05) is 32.0 Å². The van der Waals surface area contributed by atoms with Crippen LogP contribution in [-0.4, -0.2) is 54.2 Å². The maximum absolute atomic E-state index is 13.5. The van der Waals surface area contributed by atoms with Gasteiger partial charge in [-0.1, -0.05) is 26.0 Å². The average molecular weight is 633 g/mol. The molecular formula is C30H37ClN4O3S3. The standard InChI is InChI=1S/C30H36N4O3S3.ClH/c1-5-16-34(17-6-2)40(36,37)22-13-11-21(12-14-22)28(35)32-30-27(29-31-24-9-7-8-10-25(24)38-29)23-15-18-33(20(3)4)19-26(23)39-30;/h7-14,20H,5-6,15-19H2,1-4H3,(H,32,35);1H. The number of thiazole rings is 1. The minimum absolute atomic E-state index is 0. The quantitative estimate of drug-likeness (QED) is 0.199. The van der Waals surface area contributed by atoms with Crippen LogP contribution in [0.4, 0.5) is 5.00 Å². The van der Waals surface area contributed by atoms with Gasteiger partial charge in [-0.05, 0) is 75.1 Å². The van der Waals surface area contributed by atoms with Crippen LogP contribution in [0, 0.1) is 0 Å². The van der Waals surface area contributed by atoms with Crippen molar-refractivity contribution in [3.63, 3.8) is 0 Å². The monoisotopic (exact) mass is 632 g/mol. The molecule has 1 amide bonds. The summed E-state index contributed by atoms with van der Waals surface area (Å²) in [6.07, 6.45) is 2.40. The molecule has 0 aliphatic carbocycles. The Balaban J connectivity index is 0.00000387. The van der Waals surface area contributed by atoms with Crippen molar-refractivity contribution in [2.45, 2.75) is 64.4 Å². The smallest absolute Gasteiger partial charge is 0.256 e. The summed E-state index contributed by atoms with van der Waals surface area (Å²) < 4.78 is 29.0. The molecule has 0 radical (unpaired) electrons. The van der Waals surface area contributed by atoms with Crippen molar-refractivity contribution in [2.24, 2.45) is 0 Å². The second-order valence-electron chi connectivity index (χ2n) is 10.4. The second-order valence-corrected chi connectivity index (χ2v) is 14.5. The number of hydrogen-bond acceptors (Lipinski definition) is 7. The molecule has 1 aliphatic rings. The summed E-state index contributed by atoms with van der Waals surface area (Å²) in [7, 11) is -3.60. The van der Waals surface area contributed by atoms with Gasteiger partial charge in [0.2, 0.25) is 10.0 Å². The number of sulfonamides is 1. The molecule has 1 N–H and O–H groups in total. The Bertz CT molecular complexity index is 1570. The Labute approximate surface area is 257 Å². The maximum Gasteiger partial charge on any atom is 0.256 e. The summed E-state index contributed by atoms with van der Waals surface area (Å²) in [5, 5.41) is 4.88. The molecule has 0 fully saturated rings. The molecule has 3 heterocycles. The second kappa shape index (κ2) is 13.3. The van der Waals surface area contributed by atoms with Crippen molar-refractivity contribution >= 4 is 66.2 Å². The van der Waals surface area contributed by atoms with Crippen LogP contribution in [0.1, 0.15) is 61.3 Å². The van der Waals surface area contributed by atoms with Gasteiger partial charge in [-0.25, -0.2) is 13.4 Å². The zero-order chi connectivity index (χ0) is 28.4. The number of para-hydroxylation sites is 1. The summed E-state index contributed by atoms with van der Waals surface area (Å²) in [4.78, 5) is 22.3. The van der Waals surface area contributed by atoms with Gasteiger partial charge in [-0.3, -0.25) is 9.69 Å². The van der Waals surface area contributed by atoms with E-state index < -0.39 is 10.0 Å². The van der Waals surface area contributed by atoms with Crippen molar-refractivity contribution in [1.82, 2.24) is 14.2 Å². The molecule has 0 saturated heterocycles. The van der Waals surface area contributed by atoms with Crippen LogP contribution in [0.3, 0.4) is 0 Å². The fraction of sp³-hybridized carbons (Fsp3) is 0.400. The summed E-state index contributed by atoms with van der Waals surface area (Å²) in [5.74, 6) is -0.260. The Morgan fingerprint density at radius 1 is 1.05 bits per heavy atom. The van der Waals surface area contributed by atoms with Crippen LogP contribution >= 0.6 is 35.1 Å². The number of nitrogens with one attached hydrogen (secondary N) is 1. The van der Waals surface area contributed by atoms with Crippen molar-refractivity contribution in [3.05, 3.63) is 64.5 Å². The normalized spacial score (nSPS) is 13.9. The third kappa shape index (κ3) is 6.53. The van der Waals surface area contributed by atoms with Crippen molar-refractivity contribution < 1.29 is 13.2 Å². The van der Waals surface area contributed by atoms with Crippen molar-refractivity contribution in [1.29, 1.82) is 0 Å². The minimum Gasteiger partial charge on any atom is -0.313 e. The highest BCUT2D eigenvalue weighted by molar-refractivity contribution is 7.89. The van der Waals surface area contributed by atoms with E-state index in [0.29, 0.717) is 24.7 Å². The third-order valence-electron chi connectivity index (χ3n) is 7.25. The van der Waals surface area contributed by atoms with Gasteiger partial charge in [-0.15, -0.1) is 35.1 Å². The van der Waals surface area contributed by atoms with Crippen LogP contribution in [0.15, 0.2) is 53.4 Å². The lowest BCUT2D eigenvalue weighted by molar-refractivity contribution is 0.102. The van der Waals surface area contributed by atoms with E-state index in [2.05, 4.69) is 30.1 Å². The van der Waals surface area contributed by atoms with Gasteiger partial charge in [0.15, 0.2) is 0 Å². The van der Waals surface area contributed by atoms with Gasteiger partial charge in [0.1, 0.15) is 10.0 Å². The topological polar surface area (TPSA) is 82.6 Å². The van der Waals surface area contributed by atoms with Crippen LogP contribution in [0.25, 0.3) is 20.8 Å². The molecule has 220 valence electrons. The van der Waals surface area contributed by atoms with E-state index in [4.69, 9.17) is 4.98 Å². The van der Waals surface area contributed by atoms with Gasteiger partial charge in [-0.2, -0.15) is 4.31 Å². The molecule has 7 nitrogen and oxygen atoms in total. The lowest BCUT2D eigenvalue weighted by atomic mass is 10.0. The lowest BCUT2D eigenvalue weighted by Crippen LogP contribution is -2.35. The molecule has 0 saturated carbocycles. The number of hydrogen-bond donors (Lipinski definition) is 1. The van der Waals surface area contributed by atoms with Gasteiger partial charge in [0, 0.05) is 48.2 Å². The number of fused-ring (bicyclic) bond motifs is 2. The number of aromatic nitrogens is 1. The molecule has 4 aromatic rings. The third-order valence-corrected chi connectivity index (χ3v) is 11.4. The number of carbonyl (C=O) groups excluding carboxylic acids is 1. The molecule has 2 aromatic carbocycles. The largest absolute Gasteiger partial charge is 0.313 e. The average Bonchev–Trinajstić information content (AvgIpc) is 3.53. The Hall–Kier alpha value is -2.34. The van der Waals surface area contributed by atoms with E-state index in [-0.39, 0.29) is 23.2 Å². The summed E-state index contributed by atoms with van der Waals surface area (Å²) >= 11 is 3.27. The van der Waals surface area contributed by atoms with Crippen LogP contribution in [0.2, 0.25) is 0 Å². The van der Waals surface area contributed by atoms with E-state index >= 15 is 0 Å². The fourth-order valence-electron chi connectivity index (χ4n) is 5.11. The highest BCUT2D eigenvalue weighted by atomic mass is 35.5. The lowest BCUT2D eigenvalue weighted by Gasteiger charge is -2.30. The highest BCUT2D eigenvalue weighted by Gasteiger charge is 2.29. The molecule has 5 rings (SSSR count). The van der Waals surface area contributed by atoms with Crippen molar-refractivity contribution in [3.8, 4) is 10.6 Å². The summed E-state index contributed by atoms with van der Waals surface area (Å²) in [6, 6.07) is 14.8. The molecule has 0 bridgehead atoms. The van der Waals surface area contributed by atoms with E-state index in [1.54, 1.807) is 34.8 Å². The molecule has 11 heteroatoms. The predicted molar refractivity (Wildman–Crippen MR) is 173 cm³/mol. The molecule has 0 unspecified atom stereocenters. The van der Waals surface area contributed by atoms with E-state index in [9.17, 15) is 13.2 Å². The van der Waals surface area contributed by atoms with Crippen LogP contribution in [-0.2, 0) is 23.0 Å². The molecular weight excluding hydrogens is 596 g/mol. The van der Waals surface area contributed by atoms with E-state index in [1.165, 1.54) is 26.9 Å². The first-order valence-corrected chi connectivity index (χ1v) is 17.0. The van der Waals surface area contributed by atoms with Crippen molar-refractivity contribution in [2.75, 3.05) is 25.0 Å². The summed E-state index contributed by atoms with van der Waals surface area (Å²) in [6.45, 7) is 11.1. The Morgan fingerprint density at radius 3 is 2.37 bits per heavy atom. The Kier molecular flexibility index (Phi) is 10.3. The minimum atomic E-state index is -3.60. The SMILES string of the molecule is CCCN(CCC)S(=O)(=O)c1ccc(C(=O)Nc2sc3c(c2-c2nc4ccccc4s2)CCN(C(C)C)C3)cc1.Cl. The van der Waals surface area contributed by atoms with E-state index in [0.717, 1.165) is 58.1 Å². The molecule has 0 spiro atoms. The highest BCUT2D eigenvalue weighted by Crippen LogP contribution is 2.46. The van der Waals surface area contributed by atoms with Gasteiger partial charge < -0.3 is 5.32 Å². The molecule has 2 aromatic heterocycles. The number of amides is 1. The zero-order valence-electron chi connectivity index (χ0n) is 23.8. The molecule has 0 atom stereocenters. The number of nitrogens with zero attached hydrogens (tertiary/aromatic N) is 3. The zero-order valence-corrected chi connectivity index (χ0v) is 27.1. The van der Waals surface area contributed by atoms with Crippen LogP contribution in [0.5, 0.6) is 0 Å². The van der Waals surface area contributed by atoms with Crippen LogP contribution < -0.4 is 5.32 Å². The summed E-state index contributed by atoms with van der Waals surface area (Å²) in [5.41, 5.74) is 3.66. The maximum atomic E-state index is 13.5. The Morgan fingerprint density at radius 2 is 1.73 bits per heavy atom. The number of thiophene rings is 1. The van der Waals surface area contributed by atoms with Gasteiger partial charge in [0.05, 0.1) is 15.1 Å². The number of halogens is 1. The first kappa shape index (κ1) is 31.6. The predicted octanol–water partition coefficient (Wildman–Crippen LogP) is 7.28. The number of carbonyl (C=O) groups is 1. The first-order valence-electron chi connectivity index (χ1n) is 13.9. The van der Waals surface area contributed by atoms with Gasteiger partial charge >= 0.3 is 0 Å². The number of anilines is 1.